The Bertz CT molecular complexity index is 471. The monoisotopic (exact) mass is 360 g/mol. The van der Waals surface area contributed by atoms with Gasteiger partial charge in [-0.15, -0.1) is 0 Å². The SMILES string of the molecule is CCOC(=O)C(=O)c1ccc(C#CSI)cc1. The second-order valence-electron chi connectivity index (χ2n) is 2.93. The Morgan fingerprint density at radius 1 is 1.35 bits per heavy atom. The van der Waals surface area contributed by atoms with Gasteiger partial charge in [0.2, 0.25) is 0 Å². The van der Waals surface area contributed by atoms with Gasteiger partial charge in [0.1, 0.15) is 0 Å². The molecule has 0 heterocycles. The first-order valence-corrected chi connectivity index (χ1v) is 8.15. The number of hydrogen-bond acceptors (Lipinski definition) is 4. The van der Waals surface area contributed by atoms with Gasteiger partial charge in [-0.1, -0.05) is 5.92 Å². The molecule has 0 saturated heterocycles. The minimum atomic E-state index is -0.825. The third kappa shape index (κ3) is 4.40. The van der Waals surface area contributed by atoms with E-state index in [2.05, 4.69) is 37.1 Å². The summed E-state index contributed by atoms with van der Waals surface area (Å²) in [5.74, 6) is 1.44. The van der Waals surface area contributed by atoms with Crippen molar-refractivity contribution in [3.8, 4) is 11.2 Å². The van der Waals surface area contributed by atoms with Crippen LogP contribution < -0.4 is 0 Å². The van der Waals surface area contributed by atoms with E-state index in [0.29, 0.717) is 5.56 Å². The van der Waals surface area contributed by atoms with Crippen LogP contribution in [0.25, 0.3) is 0 Å². The molecule has 0 amide bonds. The van der Waals surface area contributed by atoms with Gasteiger partial charge in [0.05, 0.1) is 6.61 Å². The van der Waals surface area contributed by atoms with Crippen LogP contribution in [0.5, 0.6) is 0 Å². The van der Waals surface area contributed by atoms with Crippen molar-refractivity contribution in [2.24, 2.45) is 0 Å². The molecule has 0 radical (unpaired) electrons. The molecule has 17 heavy (non-hydrogen) atoms. The van der Waals surface area contributed by atoms with Gasteiger partial charge in [-0.3, -0.25) is 4.79 Å². The molecule has 88 valence electrons. The van der Waals surface area contributed by atoms with Gasteiger partial charge in [0.15, 0.2) is 0 Å². The molecule has 0 aromatic heterocycles. The van der Waals surface area contributed by atoms with Crippen molar-refractivity contribution in [2.45, 2.75) is 6.92 Å². The van der Waals surface area contributed by atoms with E-state index in [9.17, 15) is 9.59 Å². The number of Topliss-reactive ketones (excluding diaryl/α,β-unsaturated/α-hetero) is 1. The summed E-state index contributed by atoms with van der Waals surface area (Å²) in [7, 11) is 1.39. The molecule has 0 unspecified atom stereocenters. The standard InChI is InChI=1S/C12H9IO3S/c1-2-16-12(15)11(14)10-5-3-9(4-6-10)7-8-17-13/h3-6H,2H2,1H3. The second-order valence-corrected chi connectivity index (χ2v) is 4.61. The summed E-state index contributed by atoms with van der Waals surface area (Å²) in [5.41, 5.74) is 1.12. The molecule has 0 spiro atoms. The number of carbonyl (C=O) groups excluding carboxylic acids is 2. The molecular weight excluding hydrogens is 351 g/mol. The van der Waals surface area contributed by atoms with Crippen molar-refractivity contribution >= 4 is 41.9 Å². The normalized spacial score (nSPS) is 9.06. The van der Waals surface area contributed by atoms with Crippen molar-refractivity contribution in [2.75, 3.05) is 6.61 Å². The molecule has 0 aliphatic carbocycles. The van der Waals surface area contributed by atoms with Crippen LogP contribution in [-0.4, -0.2) is 18.4 Å². The van der Waals surface area contributed by atoms with Crippen molar-refractivity contribution in [3.63, 3.8) is 0 Å². The first kappa shape index (κ1) is 14.1. The minimum Gasteiger partial charge on any atom is -0.460 e. The van der Waals surface area contributed by atoms with Gasteiger partial charge < -0.3 is 4.74 Å². The van der Waals surface area contributed by atoms with E-state index in [1.807, 2.05) is 0 Å². The Morgan fingerprint density at radius 2 is 2.00 bits per heavy atom. The molecule has 5 heteroatoms. The highest BCUT2D eigenvalue weighted by molar-refractivity contribution is 14.2. The maximum absolute atomic E-state index is 11.5. The number of ether oxygens (including phenoxy) is 1. The highest BCUT2D eigenvalue weighted by atomic mass is 127. The number of halogens is 1. The summed E-state index contributed by atoms with van der Waals surface area (Å²) in [6.07, 6.45) is 0. The number of hydrogen-bond donors (Lipinski definition) is 0. The zero-order valence-electron chi connectivity index (χ0n) is 9.03. The quantitative estimate of drug-likeness (QED) is 0.273. The lowest BCUT2D eigenvalue weighted by Gasteiger charge is -2.00. The van der Waals surface area contributed by atoms with Gasteiger partial charge >= 0.3 is 5.97 Å². The summed E-state index contributed by atoms with van der Waals surface area (Å²) in [5, 5.41) is 2.83. The molecule has 0 aliphatic rings. The maximum atomic E-state index is 11.5. The van der Waals surface area contributed by atoms with Crippen LogP contribution in [-0.2, 0) is 9.53 Å². The van der Waals surface area contributed by atoms with Gasteiger partial charge in [0, 0.05) is 32.3 Å². The van der Waals surface area contributed by atoms with Gasteiger partial charge in [-0.2, -0.15) is 0 Å². The Balaban J connectivity index is 2.80. The fraction of sp³-hybridized carbons (Fsp3) is 0.167. The molecule has 0 aliphatic heterocycles. The fourth-order valence-electron chi connectivity index (χ4n) is 1.10. The van der Waals surface area contributed by atoms with Gasteiger partial charge in [-0.05, 0) is 45.4 Å². The Morgan fingerprint density at radius 3 is 2.53 bits per heavy atom. The molecule has 0 N–H and O–H groups in total. The first-order valence-electron chi connectivity index (χ1n) is 4.79. The summed E-state index contributed by atoms with van der Waals surface area (Å²) in [4.78, 5) is 22.7. The number of rotatable bonds is 3. The summed E-state index contributed by atoms with van der Waals surface area (Å²) in [6.45, 7) is 1.85. The summed E-state index contributed by atoms with van der Waals surface area (Å²) in [6, 6.07) is 6.54. The van der Waals surface area contributed by atoms with Crippen molar-refractivity contribution in [1.82, 2.24) is 0 Å². The predicted molar refractivity (Wildman–Crippen MR) is 75.9 cm³/mol. The number of ketones is 1. The van der Waals surface area contributed by atoms with E-state index < -0.39 is 11.8 Å². The lowest BCUT2D eigenvalue weighted by molar-refractivity contribution is -0.137. The number of carbonyl (C=O) groups is 2. The van der Waals surface area contributed by atoms with Crippen LogP contribution in [0.3, 0.4) is 0 Å². The Kier molecular flexibility index (Phi) is 6.08. The maximum Gasteiger partial charge on any atom is 0.379 e. The van der Waals surface area contributed by atoms with E-state index in [1.54, 1.807) is 31.2 Å². The van der Waals surface area contributed by atoms with Gasteiger partial charge in [0.25, 0.3) is 5.78 Å². The van der Waals surface area contributed by atoms with Crippen LogP contribution in [0.4, 0.5) is 0 Å². The number of esters is 1. The zero-order valence-corrected chi connectivity index (χ0v) is 12.0. The minimum absolute atomic E-state index is 0.195. The Labute approximate surface area is 116 Å². The number of benzene rings is 1. The van der Waals surface area contributed by atoms with Gasteiger partial charge in [-0.25, -0.2) is 4.79 Å². The summed E-state index contributed by atoms with van der Waals surface area (Å²) >= 11 is 2.08. The molecule has 1 aromatic carbocycles. The third-order valence-corrected chi connectivity index (χ3v) is 2.68. The van der Waals surface area contributed by atoms with Crippen LogP contribution in [0, 0.1) is 11.2 Å². The largest absolute Gasteiger partial charge is 0.460 e. The molecule has 3 nitrogen and oxygen atoms in total. The fourth-order valence-corrected chi connectivity index (χ4v) is 1.58. The van der Waals surface area contributed by atoms with Crippen molar-refractivity contribution < 1.29 is 14.3 Å². The van der Waals surface area contributed by atoms with Crippen molar-refractivity contribution in [1.29, 1.82) is 0 Å². The highest BCUT2D eigenvalue weighted by Gasteiger charge is 2.16. The van der Waals surface area contributed by atoms with Crippen LogP contribution >= 0.6 is 30.1 Å². The molecule has 0 atom stereocenters. The smallest absolute Gasteiger partial charge is 0.379 e. The average Bonchev–Trinajstić information content (AvgIpc) is 2.36. The van der Waals surface area contributed by atoms with Crippen LogP contribution in [0.15, 0.2) is 24.3 Å². The molecule has 1 rings (SSSR count). The molecule has 0 bridgehead atoms. The zero-order chi connectivity index (χ0) is 12.7. The van der Waals surface area contributed by atoms with E-state index in [1.165, 1.54) is 8.93 Å². The molecule has 0 fully saturated rings. The van der Waals surface area contributed by atoms with Crippen LogP contribution in [0.2, 0.25) is 0 Å². The third-order valence-electron chi connectivity index (χ3n) is 1.84. The molecule has 0 saturated carbocycles. The topological polar surface area (TPSA) is 43.4 Å². The lowest BCUT2D eigenvalue weighted by atomic mass is 10.1. The molecule has 1 aromatic rings. The predicted octanol–water partition coefficient (Wildman–Crippen LogP) is 2.82. The molecular formula is C12H9IO3S. The van der Waals surface area contributed by atoms with E-state index in [0.717, 1.165) is 5.56 Å². The van der Waals surface area contributed by atoms with E-state index in [-0.39, 0.29) is 6.61 Å². The average molecular weight is 360 g/mol. The van der Waals surface area contributed by atoms with Crippen LogP contribution in [0.1, 0.15) is 22.8 Å². The van der Waals surface area contributed by atoms with Crippen molar-refractivity contribution in [3.05, 3.63) is 35.4 Å². The second kappa shape index (κ2) is 7.35. The lowest BCUT2D eigenvalue weighted by Crippen LogP contribution is -2.17. The summed E-state index contributed by atoms with van der Waals surface area (Å²) < 4.78 is 4.63. The van der Waals surface area contributed by atoms with E-state index in [4.69, 9.17) is 0 Å². The Hall–Kier alpha value is -1.000. The first-order chi connectivity index (χ1) is 8.19. The van der Waals surface area contributed by atoms with E-state index >= 15 is 0 Å². The highest BCUT2D eigenvalue weighted by Crippen LogP contribution is 2.09.